The number of carbonyl (C=O) groups is 1. The summed E-state index contributed by atoms with van der Waals surface area (Å²) >= 11 is 1.74. The van der Waals surface area contributed by atoms with Gasteiger partial charge >= 0.3 is 6.09 Å². The Kier molecular flexibility index (Phi) is 4.67. The van der Waals surface area contributed by atoms with Crippen LogP contribution in [-0.4, -0.2) is 36.5 Å². The summed E-state index contributed by atoms with van der Waals surface area (Å²) in [5.74, 6) is 0.385. The molecule has 1 aromatic heterocycles. The first-order valence-corrected chi connectivity index (χ1v) is 9.14. The number of carbonyl (C=O) groups excluding carboxylic acids is 1. The first-order valence-electron chi connectivity index (χ1n) is 8.26. The third kappa shape index (κ3) is 3.70. The third-order valence-electron chi connectivity index (χ3n) is 4.48. The fourth-order valence-electron chi connectivity index (χ4n) is 3.45. The number of nitrogens with one attached hydrogen (secondary N) is 2. The van der Waals surface area contributed by atoms with Crippen LogP contribution in [0.1, 0.15) is 45.0 Å². The highest BCUT2D eigenvalue weighted by atomic mass is 32.1. The van der Waals surface area contributed by atoms with E-state index in [-0.39, 0.29) is 30.3 Å². The first-order chi connectivity index (χ1) is 10.8. The molecule has 0 bridgehead atoms. The summed E-state index contributed by atoms with van der Waals surface area (Å²) in [7, 11) is 0. The number of thiophene rings is 1. The number of rotatable bonds is 4. The molecular weight excluding hydrogens is 312 g/mol. The molecule has 1 aliphatic carbocycles. The van der Waals surface area contributed by atoms with Crippen molar-refractivity contribution in [1.29, 1.82) is 0 Å². The zero-order valence-electron chi connectivity index (χ0n) is 14.2. The van der Waals surface area contributed by atoms with E-state index in [0.717, 1.165) is 13.0 Å². The maximum atomic E-state index is 12.1. The van der Waals surface area contributed by atoms with Crippen molar-refractivity contribution in [2.75, 3.05) is 6.61 Å². The predicted molar refractivity (Wildman–Crippen MR) is 90.7 cm³/mol. The van der Waals surface area contributed by atoms with Gasteiger partial charge in [0.15, 0.2) is 0 Å². The molecule has 2 N–H and O–H groups in total. The Balaban J connectivity index is 1.62. The molecule has 23 heavy (non-hydrogen) atoms. The van der Waals surface area contributed by atoms with E-state index in [1.54, 1.807) is 11.3 Å². The average molecular weight is 338 g/mol. The van der Waals surface area contributed by atoms with Crippen LogP contribution in [0.4, 0.5) is 4.79 Å². The van der Waals surface area contributed by atoms with Crippen LogP contribution in [0.3, 0.4) is 0 Å². The quantitative estimate of drug-likeness (QED) is 0.886. The fraction of sp³-hybridized carbons (Fsp3) is 0.706. The van der Waals surface area contributed by atoms with Crippen LogP contribution in [0.2, 0.25) is 0 Å². The molecule has 6 heteroatoms. The lowest BCUT2D eigenvalue weighted by molar-refractivity contribution is -0.0370. The molecule has 2 aliphatic rings. The second-order valence-electron chi connectivity index (χ2n) is 7.39. The largest absolute Gasteiger partial charge is 0.444 e. The summed E-state index contributed by atoms with van der Waals surface area (Å²) in [5.41, 5.74) is -0.480. The minimum atomic E-state index is -0.480. The fourth-order valence-corrected chi connectivity index (χ4v) is 4.20. The van der Waals surface area contributed by atoms with E-state index in [9.17, 15) is 4.79 Å². The molecule has 128 valence electrons. The van der Waals surface area contributed by atoms with E-state index in [1.807, 2.05) is 20.8 Å². The van der Waals surface area contributed by atoms with Crippen LogP contribution >= 0.6 is 11.3 Å². The van der Waals surface area contributed by atoms with Crippen LogP contribution in [0.15, 0.2) is 17.5 Å². The van der Waals surface area contributed by atoms with Crippen LogP contribution in [0.25, 0.3) is 0 Å². The van der Waals surface area contributed by atoms with Gasteiger partial charge < -0.3 is 20.1 Å². The highest BCUT2D eigenvalue weighted by Crippen LogP contribution is 2.40. The van der Waals surface area contributed by atoms with Crippen LogP contribution in [0, 0.1) is 5.92 Å². The van der Waals surface area contributed by atoms with Crippen LogP contribution < -0.4 is 10.6 Å². The molecule has 1 aromatic rings. The molecule has 0 radical (unpaired) electrons. The molecule has 1 aliphatic heterocycles. The summed E-state index contributed by atoms with van der Waals surface area (Å²) in [6.45, 7) is 8.56. The van der Waals surface area contributed by atoms with Crippen molar-refractivity contribution in [3.63, 3.8) is 0 Å². The Morgan fingerprint density at radius 2 is 2.22 bits per heavy atom. The van der Waals surface area contributed by atoms with Gasteiger partial charge in [-0.05, 0) is 45.6 Å². The molecule has 2 heterocycles. The van der Waals surface area contributed by atoms with E-state index < -0.39 is 5.60 Å². The van der Waals surface area contributed by atoms with Crippen molar-refractivity contribution in [2.45, 2.75) is 63.9 Å². The zero-order chi connectivity index (χ0) is 16.6. The maximum absolute atomic E-state index is 12.1. The van der Waals surface area contributed by atoms with Gasteiger partial charge in [0.05, 0.1) is 18.2 Å². The first kappa shape index (κ1) is 16.7. The van der Waals surface area contributed by atoms with E-state index in [0.29, 0.717) is 5.92 Å². The van der Waals surface area contributed by atoms with Gasteiger partial charge in [0, 0.05) is 23.4 Å². The van der Waals surface area contributed by atoms with E-state index in [2.05, 4.69) is 35.1 Å². The zero-order valence-corrected chi connectivity index (χ0v) is 15.0. The normalized spacial score (nSPS) is 31.1. The number of hydrogen-bond acceptors (Lipinski definition) is 5. The maximum Gasteiger partial charge on any atom is 0.407 e. The number of amides is 1. The Bertz CT molecular complexity index is 541. The summed E-state index contributed by atoms with van der Waals surface area (Å²) < 4.78 is 11.2. The lowest BCUT2D eigenvalue weighted by Crippen LogP contribution is -2.70. The van der Waals surface area contributed by atoms with Crippen molar-refractivity contribution in [3.05, 3.63) is 22.4 Å². The van der Waals surface area contributed by atoms with E-state index in [4.69, 9.17) is 9.47 Å². The molecule has 5 atom stereocenters. The molecule has 0 spiro atoms. The highest BCUT2D eigenvalue weighted by molar-refractivity contribution is 7.10. The van der Waals surface area contributed by atoms with E-state index >= 15 is 0 Å². The molecular formula is C17H26N2O3S. The van der Waals surface area contributed by atoms with Gasteiger partial charge in [-0.25, -0.2) is 4.79 Å². The monoisotopic (exact) mass is 338 g/mol. The number of hydrogen-bond donors (Lipinski definition) is 2. The molecule has 5 nitrogen and oxygen atoms in total. The predicted octanol–water partition coefficient (Wildman–Crippen LogP) is 3.08. The van der Waals surface area contributed by atoms with Gasteiger partial charge in [-0.15, -0.1) is 11.3 Å². The molecule has 3 rings (SSSR count). The van der Waals surface area contributed by atoms with Crippen LogP contribution in [-0.2, 0) is 9.47 Å². The van der Waals surface area contributed by atoms with Gasteiger partial charge in [0.1, 0.15) is 5.60 Å². The van der Waals surface area contributed by atoms with Gasteiger partial charge in [-0.2, -0.15) is 0 Å². The lowest BCUT2D eigenvalue weighted by atomic mass is 9.71. The SMILES string of the molecule is CC(NC1C(NC(=O)OC(C)(C)C)C2CCOC21)c1cccs1. The molecule has 5 unspecified atom stereocenters. The standard InChI is InChI=1S/C17H26N2O3S/c1-10(12-6-5-9-23-12)18-14-13(11-7-8-21-15(11)14)19-16(20)22-17(2,3)4/h5-6,9-11,13-15,18H,7-8H2,1-4H3,(H,19,20). The Morgan fingerprint density at radius 3 is 2.87 bits per heavy atom. The minimum absolute atomic E-state index is 0.0692. The highest BCUT2D eigenvalue weighted by Gasteiger charge is 2.55. The average Bonchev–Trinajstić information content (AvgIpc) is 3.10. The van der Waals surface area contributed by atoms with Crippen molar-refractivity contribution < 1.29 is 14.3 Å². The number of ether oxygens (including phenoxy) is 2. The van der Waals surface area contributed by atoms with Crippen molar-refractivity contribution in [2.24, 2.45) is 5.92 Å². The summed E-state index contributed by atoms with van der Waals surface area (Å²) in [4.78, 5) is 13.4. The molecule has 1 saturated heterocycles. The smallest absolute Gasteiger partial charge is 0.407 e. The molecule has 1 amide bonds. The topological polar surface area (TPSA) is 59.6 Å². The summed E-state index contributed by atoms with van der Waals surface area (Å²) in [5, 5.41) is 8.75. The molecule has 1 saturated carbocycles. The Morgan fingerprint density at radius 1 is 1.43 bits per heavy atom. The molecule has 0 aromatic carbocycles. The Labute approximate surface area is 141 Å². The number of fused-ring (bicyclic) bond motifs is 1. The van der Waals surface area contributed by atoms with Gasteiger partial charge in [-0.1, -0.05) is 6.07 Å². The van der Waals surface area contributed by atoms with Gasteiger partial charge in [0.2, 0.25) is 0 Å². The van der Waals surface area contributed by atoms with Crippen LogP contribution in [0.5, 0.6) is 0 Å². The lowest BCUT2D eigenvalue weighted by Gasteiger charge is -2.49. The second kappa shape index (κ2) is 6.42. The van der Waals surface area contributed by atoms with E-state index in [1.165, 1.54) is 4.88 Å². The van der Waals surface area contributed by atoms with Crippen molar-refractivity contribution in [1.82, 2.24) is 10.6 Å². The third-order valence-corrected chi connectivity index (χ3v) is 5.54. The van der Waals surface area contributed by atoms with Gasteiger partial charge in [0.25, 0.3) is 0 Å². The summed E-state index contributed by atoms with van der Waals surface area (Å²) in [6, 6.07) is 4.63. The molecule has 2 fully saturated rings. The Hall–Kier alpha value is -1.11. The van der Waals surface area contributed by atoms with Crippen molar-refractivity contribution >= 4 is 17.4 Å². The van der Waals surface area contributed by atoms with Crippen molar-refractivity contribution in [3.8, 4) is 0 Å². The van der Waals surface area contributed by atoms with Gasteiger partial charge in [-0.3, -0.25) is 0 Å². The number of alkyl carbamates (subject to hydrolysis) is 1. The minimum Gasteiger partial charge on any atom is -0.444 e. The second-order valence-corrected chi connectivity index (χ2v) is 8.37. The summed E-state index contributed by atoms with van der Waals surface area (Å²) in [6.07, 6.45) is 0.845.